The zero-order valence-electron chi connectivity index (χ0n) is 16.2. The molecular formula is C22H25ClN2O3. The summed E-state index contributed by atoms with van der Waals surface area (Å²) in [6, 6.07) is 15.0. The van der Waals surface area contributed by atoms with Gasteiger partial charge in [0.15, 0.2) is 0 Å². The molecule has 1 N–H and O–H groups in total. The summed E-state index contributed by atoms with van der Waals surface area (Å²) in [6.07, 6.45) is 0.359. The molecule has 1 fully saturated rings. The number of carbonyl (C=O) groups is 2. The molecule has 0 spiro atoms. The van der Waals surface area contributed by atoms with E-state index >= 15 is 0 Å². The summed E-state index contributed by atoms with van der Waals surface area (Å²) in [5.41, 5.74) is 2.85. The van der Waals surface area contributed by atoms with Gasteiger partial charge < -0.3 is 15.0 Å². The van der Waals surface area contributed by atoms with E-state index in [2.05, 4.69) is 5.32 Å². The number of amides is 2. The molecule has 0 radical (unpaired) electrons. The van der Waals surface area contributed by atoms with E-state index in [-0.39, 0.29) is 30.3 Å². The van der Waals surface area contributed by atoms with Crippen LogP contribution >= 0.6 is 11.6 Å². The Kier molecular flexibility index (Phi) is 6.70. The highest BCUT2D eigenvalue weighted by Gasteiger charge is 2.35. The molecule has 0 bridgehead atoms. The third-order valence-corrected chi connectivity index (χ3v) is 5.03. The van der Waals surface area contributed by atoms with Crippen molar-refractivity contribution in [2.45, 2.75) is 39.5 Å². The molecule has 148 valence electrons. The summed E-state index contributed by atoms with van der Waals surface area (Å²) in [4.78, 5) is 26.6. The Balaban J connectivity index is 1.59. The van der Waals surface area contributed by atoms with Crippen molar-refractivity contribution in [1.82, 2.24) is 5.32 Å². The van der Waals surface area contributed by atoms with Crippen LogP contribution in [0.3, 0.4) is 0 Å². The van der Waals surface area contributed by atoms with Crippen LogP contribution in [-0.2, 0) is 27.5 Å². The van der Waals surface area contributed by atoms with Crippen LogP contribution in [0.1, 0.15) is 31.4 Å². The van der Waals surface area contributed by atoms with Gasteiger partial charge in [0.25, 0.3) is 0 Å². The zero-order chi connectivity index (χ0) is 20.1. The predicted octanol–water partition coefficient (Wildman–Crippen LogP) is 3.93. The van der Waals surface area contributed by atoms with Gasteiger partial charge in [-0.15, -0.1) is 0 Å². The number of rotatable bonds is 7. The molecule has 1 saturated heterocycles. The number of nitrogens with zero attached hydrogens (tertiary/aromatic N) is 1. The van der Waals surface area contributed by atoms with Crippen molar-refractivity contribution in [3.63, 3.8) is 0 Å². The van der Waals surface area contributed by atoms with Gasteiger partial charge in [-0.05, 0) is 49.2 Å². The summed E-state index contributed by atoms with van der Waals surface area (Å²) in [5, 5.41) is 3.59. The van der Waals surface area contributed by atoms with Crippen LogP contribution in [0.2, 0.25) is 5.02 Å². The Morgan fingerprint density at radius 3 is 2.54 bits per heavy atom. The minimum atomic E-state index is -0.359. The second kappa shape index (κ2) is 9.22. The average Bonchev–Trinajstić information content (AvgIpc) is 3.07. The molecule has 2 aromatic carbocycles. The fourth-order valence-electron chi connectivity index (χ4n) is 3.21. The number of anilines is 1. The first kappa shape index (κ1) is 20.4. The van der Waals surface area contributed by atoms with Crippen LogP contribution in [0, 0.1) is 5.92 Å². The van der Waals surface area contributed by atoms with E-state index < -0.39 is 0 Å². The Morgan fingerprint density at radius 2 is 1.86 bits per heavy atom. The number of nitrogens with one attached hydrogen (secondary N) is 1. The van der Waals surface area contributed by atoms with Gasteiger partial charge in [-0.1, -0.05) is 35.9 Å². The molecular weight excluding hydrogens is 376 g/mol. The van der Waals surface area contributed by atoms with Gasteiger partial charge >= 0.3 is 0 Å². The molecule has 2 aromatic rings. The van der Waals surface area contributed by atoms with E-state index in [1.807, 2.05) is 38.1 Å². The van der Waals surface area contributed by atoms with Crippen LogP contribution in [0.15, 0.2) is 48.5 Å². The van der Waals surface area contributed by atoms with Gasteiger partial charge in [-0.25, -0.2) is 0 Å². The van der Waals surface area contributed by atoms with E-state index in [1.165, 1.54) is 0 Å². The molecule has 0 saturated carbocycles. The van der Waals surface area contributed by atoms with Crippen molar-refractivity contribution in [3.8, 4) is 0 Å². The highest BCUT2D eigenvalue weighted by molar-refractivity contribution is 6.30. The average molecular weight is 401 g/mol. The molecule has 0 aliphatic carbocycles. The van der Waals surface area contributed by atoms with Crippen LogP contribution in [0.25, 0.3) is 0 Å². The maximum absolute atomic E-state index is 12.6. The second-order valence-electron chi connectivity index (χ2n) is 7.23. The minimum absolute atomic E-state index is 0.0480. The molecule has 6 heteroatoms. The fourth-order valence-corrected chi connectivity index (χ4v) is 3.33. The van der Waals surface area contributed by atoms with E-state index in [0.29, 0.717) is 24.7 Å². The number of hydrogen-bond acceptors (Lipinski definition) is 3. The minimum Gasteiger partial charge on any atom is -0.374 e. The van der Waals surface area contributed by atoms with Gasteiger partial charge in [0.05, 0.1) is 18.6 Å². The molecule has 0 aromatic heterocycles. The Bertz CT molecular complexity index is 836. The quantitative estimate of drug-likeness (QED) is 0.765. The fraction of sp³-hybridized carbons (Fsp3) is 0.364. The lowest BCUT2D eigenvalue weighted by atomic mass is 10.1. The van der Waals surface area contributed by atoms with Gasteiger partial charge in [0, 0.05) is 30.2 Å². The van der Waals surface area contributed by atoms with Gasteiger partial charge in [-0.3, -0.25) is 9.59 Å². The first-order chi connectivity index (χ1) is 13.4. The summed E-state index contributed by atoms with van der Waals surface area (Å²) < 4.78 is 5.69. The Morgan fingerprint density at radius 1 is 1.18 bits per heavy atom. The van der Waals surface area contributed by atoms with Crippen LogP contribution in [0.4, 0.5) is 5.69 Å². The largest absolute Gasteiger partial charge is 0.374 e. The lowest BCUT2D eigenvalue weighted by molar-refractivity contribution is -0.126. The molecule has 2 amide bonds. The SMILES string of the molecule is CC(C)OCc1ccccc1CNC(=O)C1CC(=O)N(c2ccc(Cl)cc2)C1. The highest BCUT2D eigenvalue weighted by Crippen LogP contribution is 2.26. The molecule has 1 aliphatic heterocycles. The van der Waals surface area contributed by atoms with Crippen molar-refractivity contribution in [2.75, 3.05) is 11.4 Å². The molecule has 5 nitrogen and oxygen atoms in total. The lowest BCUT2D eigenvalue weighted by Gasteiger charge is -2.17. The number of hydrogen-bond donors (Lipinski definition) is 1. The second-order valence-corrected chi connectivity index (χ2v) is 7.66. The van der Waals surface area contributed by atoms with Gasteiger partial charge in [0.1, 0.15) is 0 Å². The van der Waals surface area contributed by atoms with E-state index in [1.54, 1.807) is 29.2 Å². The third-order valence-electron chi connectivity index (χ3n) is 4.78. The monoisotopic (exact) mass is 400 g/mol. The van der Waals surface area contributed by atoms with Crippen molar-refractivity contribution < 1.29 is 14.3 Å². The number of benzene rings is 2. The normalized spacial score (nSPS) is 16.6. The summed E-state index contributed by atoms with van der Waals surface area (Å²) in [7, 11) is 0. The first-order valence-corrected chi connectivity index (χ1v) is 9.84. The third kappa shape index (κ3) is 5.12. The van der Waals surface area contributed by atoms with Crippen molar-refractivity contribution >= 4 is 29.1 Å². The van der Waals surface area contributed by atoms with Crippen molar-refractivity contribution in [1.29, 1.82) is 0 Å². The molecule has 28 heavy (non-hydrogen) atoms. The topological polar surface area (TPSA) is 58.6 Å². The Hall–Kier alpha value is -2.37. The lowest BCUT2D eigenvalue weighted by Crippen LogP contribution is -2.32. The number of halogens is 1. The van der Waals surface area contributed by atoms with E-state index in [9.17, 15) is 9.59 Å². The number of ether oxygens (including phenoxy) is 1. The highest BCUT2D eigenvalue weighted by atomic mass is 35.5. The van der Waals surface area contributed by atoms with Gasteiger partial charge in [0.2, 0.25) is 11.8 Å². The van der Waals surface area contributed by atoms with Crippen LogP contribution in [0.5, 0.6) is 0 Å². The molecule has 1 aliphatic rings. The molecule has 3 rings (SSSR count). The molecule has 1 atom stereocenters. The van der Waals surface area contributed by atoms with Crippen molar-refractivity contribution in [3.05, 3.63) is 64.7 Å². The maximum atomic E-state index is 12.6. The van der Waals surface area contributed by atoms with E-state index in [0.717, 1.165) is 16.8 Å². The first-order valence-electron chi connectivity index (χ1n) is 9.46. The molecule has 1 unspecified atom stereocenters. The predicted molar refractivity (Wildman–Crippen MR) is 110 cm³/mol. The van der Waals surface area contributed by atoms with Gasteiger partial charge in [-0.2, -0.15) is 0 Å². The maximum Gasteiger partial charge on any atom is 0.227 e. The smallest absolute Gasteiger partial charge is 0.227 e. The zero-order valence-corrected chi connectivity index (χ0v) is 16.9. The summed E-state index contributed by atoms with van der Waals surface area (Å²) in [5.74, 6) is -0.514. The number of carbonyl (C=O) groups excluding carboxylic acids is 2. The Labute approximate surface area is 170 Å². The van der Waals surface area contributed by atoms with Crippen LogP contribution in [-0.4, -0.2) is 24.5 Å². The van der Waals surface area contributed by atoms with Crippen LogP contribution < -0.4 is 10.2 Å². The molecule has 1 heterocycles. The summed E-state index contributed by atoms with van der Waals surface area (Å²) in [6.45, 7) is 5.30. The van der Waals surface area contributed by atoms with Crippen molar-refractivity contribution in [2.24, 2.45) is 5.92 Å². The summed E-state index contributed by atoms with van der Waals surface area (Å²) >= 11 is 5.91. The van der Waals surface area contributed by atoms with E-state index in [4.69, 9.17) is 16.3 Å². The standard InChI is InChI=1S/C22H25ClN2O3/c1-15(2)28-14-17-6-4-3-5-16(17)12-24-22(27)18-11-21(26)25(13-18)20-9-7-19(23)8-10-20/h3-10,15,18H,11-14H2,1-2H3,(H,24,27).